The summed E-state index contributed by atoms with van der Waals surface area (Å²) in [7, 11) is 0. The summed E-state index contributed by atoms with van der Waals surface area (Å²) in [5.74, 6) is 2.78. The number of benzene rings is 1. The highest BCUT2D eigenvalue weighted by atomic mass is 35.5. The molecule has 4 rings (SSSR count). The lowest BCUT2D eigenvalue weighted by Gasteiger charge is -2.15. The molecular formula is C16H21ClN4O. The minimum absolute atomic E-state index is 0. The maximum Gasteiger partial charge on any atom is 0.241 e. The highest BCUT2D eigenvalue weighted by Gasteiger charge is 2.41. The lowest BCUT2D eigenvalue weighted by molar-refractivity contribution is 0.250. The van der Waals surface area contributed by atoms with Crippen molar-refractivity contribution in [1.29, 1.82) is 0 Å². The molecule has 1 aliphatic carbocycles. The van der Waals surface area contributed by atoms with Crippen molar-refractivity contribution in [2.24, 2.45) is 17.6 Å². The highest BCUT2D eigenvalue weighted by Crippen LogP contribution is 2.37. The minimum atomic E-state index is 0. The summed E-state index contributed by atoms with van der Waals surface area (Å²) in [6.07, 6.45) is 2.45. The topological polar surface area (TPSA) is 68.2 Å². The molecular weight excluding hydrogens is 300 g/mol. The van der Waals surface area contributed by atoms with E-state index in [0.717, 1.165) is 31.1 Å². The minimum Gasteiger partial charge on any atom is -0.338 e. The van der Waals surface area contributed by atoms with Crippen LogP contribution in [0.1, 0.15) is 18.7 Å². The first kappa shape index (κ1) is 15.5. The number of nitrogens with zero attached hydrogens (tertiary/aromatic N) is 3. The second-order valence-corrected chi connectivity index (χ2v) is 6.24. The summed E-state index contributed by atoms with van der Waals surface area (Å²) < 4.78 is 5.40. The zero-order chi connectivity index (χ0) is 14.2. The second-order valence-electron chi connectivity index (χ2n) is 6.24. The zero-order valence-corrected chi connectivity index (χ0v) is 13.2. The van der Waals surface area contributed by atoms with Gasteiger partial charge in [-0.05, 0) is 24.7 Å². The number of likely N-dealkylation sites (tertiary alicyclic amines) is 1. The average Bonchev–Trinajstić information content (AvgIpc) is 3.19. The molecule has 0 radical (unpaired) electrons. The van der Waals surface area contributed by atoms with Gasteiger partial charge in [0.15, 0.2) is 0 Å². The van der Waals surface area contributed by atoms with Crippen molar-refractivity contribution in [3.8, 4) is 11.4 Å². The summed E-state index contributed by atoms with van der Waals surface area (Å²) in [5, 5.41) is 4.08. The van der Waals surface area contributed by atoms with Crippen LogP contribution in [-0.2, 0) is 6.54 Å². The van der Waals surface area contributed by atoms with Crippen LogP contribution in [0, 0.1) is 11.8 Å². The molecule has 0 bridgehead atoms. The zero-order valence-electron chi connectivity index (χ0n) is 12.4. The van der Waals surface area contributed by atoms with Gasteiger partial charge in [-0.2, -0.15) is 4.98 Å². The average molecular weight is 321 g/mol. The van der Waals surface area contributed by atoms with Gasteiger partial charge < -0.3 is 10.3 Å². The largest absolute Gasteiger partial charge is 0.338 e. The molecule has 2 N–H and O–H groups in total. The Hall–Kier alpha value is -1.43. The van der Waals surface area contributed by atoms with Gasteiger partial charge in [0.25, 0.3) is 0 Å². The van der Waals surface area contributed by atoms with Crippen molar-refractivity contribution >= 4 is 12.4 Å². The molecule has 6 heteroatoms. The van der Waals surface area contributed by atoms with Crippen LogP contribution in [0.3, 0.4) is 0 Å². The molecule has 3 unspecified atom stereocenters. The van der Waals surface area contributed by atoms with E-state index in [9.17, 15) is 0 Å². The van der Waals surface area contributed by atoms with E-state index < -0.39 is 0 Å². The lowest BCUT2D eigenvalue weighted by Crippen LogP contribution is -2.30. The molecule has 1 saturated carbocycles. The van der Waals surface area contributed by atoms with E-state index in [1.165, 1.54) is 12.8 Å². The first-order valence-corrected chi connectivity index (χ1v) is 7.65. The molecule has 2 heterocycles. The number of hydrogen-bond acceptors (Lipinski definition) is 5. The Morgan fingerprint density at radius 3 is 2.77 bits per heavy atom. The monoisotopic (exact) mass is 320 g/mol. The number of halogens is 1. The molecule has 1 aliphatic heterocycles. The van der Waals surface area contributed by atoms with E-state index >= 15 is 0 Å². The Morgan fingerprint density at radius 2 is 2.00 bits per heavy atom. The smallest absolute Gasteiger partial charge is 0.241 e. The number of aromatic nitrogens is 2. The van der Waals surface area contributed by atoms with Crippen molar-refractivity contribution in [3.05, 3.63) is 36.2 Å². The number of rotatable bonds is 3. The third-order valence-corrected chi connectivity index (χ3v) is 4.85. The van der Waals surface area contributed by atoms with Gasteiger partial charge in [-0.3, -0.25) is 4.90 Å². The number of fused-ring (bicyclic) bond motifs is 1. The first-order chi connectivity index (χ1) is 10.3. The van der Waals surface area contributed by atoms with Crippen LogP contribution in [0.15, 0.2) is 34.9 Å². The fraction of sp³-hybridized carbons (Fsp3) is 0.500. The van der Waals surface area contributed by atoms with Gasteiger partial charge in [0.1, 0.15) is 0 Å². The number of nitrogens with two attached hydrogens (primary N) is 1. The van der Waals surface area contributed by atoms with Crippen molar-refractivity contribution < 1.29 is 4.52 Å². The first-order valence-electron chi connectivity index (χ1n) is 7.65. The fourth-order valence-corrected chi connectivity index (χ4v) is 3.74. The Labute approximate surface area is 136 Å². The Balaban J connectivity index is 0.00000144. The molecule has 0 spiro atoms. The van der Waals surface area contributed by atoms with Gasteiger partial charge in [0.2, 0.25) is 11.7 Å². The Bertz CT molecular complexity index is 618. The van der Waals surface area contributed by atoms with Gasteiger partial charge in [-0.15, -0.1) is 12.4 Å². The molecule has 118 valence electrons. The van der Waals surface area contributed by atoms with Gasteiger partial charge in [0.05, 0.1) is 6.54 Å². The molecule has 2 fully saturated rings. The number of hydrogen-bond donors (Lipinski definition) is 1. The normalized spacial score (nSPS) is 27.6. The predicted molar refractivity (Wildman–Crippen MR) is 86.4 cm³/mol. The van der Waals surface area contributed by atoms with Gasteiger partial charge >= 0.3 is 0 Å². The molecule has 1 aromatic heterocycles. The molecule has 3 atom stereocenters. The maximum absolute atomic E-state index is 6.18. The fourth-order valence-electron chi connectivity index (χ4n) is 3.74. The van der Waals surface area contributed by atoms with Crippen molar-refractivity contribution in [2.45, 2.75) is 25.4 Å². The Kier molecular flexibility index (Phi) is 4.47. The Morgan fingerprint density at radius 1 is 1.18 bits per heavy atom. The van der Waals surface area contributed by atoms with Crippen LogP contribution in [0.2, 0.25) is 0 Å². The van der Waals surface area contributed by atoms with Crippen molar-refractivity contribution in [3.63, 3.8) is 0 Å². The third-order valence-electron chi connectivity index (χ3n) is 4.85. The van der Waals surface area contributed by atoms with Crippen molar-refractivity contribution in [2.75, 3.05) is 13.1 Å². The summed E-state index contributed by atoms with van der Waals surface area (Å²) in [5.41, 5.74) is 7.17. The quantitative estimate of drug-likeness (QED) is 0.940. The molecule has 2 aromatic rings. The van der Waals surface area contributed by atoms with Crippen LogP contribution in [0.4, 0.5) is 0 Å². The molecule has 0 amide bonds. The maximum atomic E-state index is 6.18. The molecule has 22 heavy (non-hydrogen) atoms. The summed E-state index contributed by atoms with van der Waals surface area (Å²) in [4.78, 5) is 6.91. The van der Waals surface area contributed by atoms with E-state index in [1.54, 1.807) is 0 Å². The van der Waals surface area contributed by atoms with E-state index in [2.05, 4.69) is 15.0 Å². The van der Waals surface area contributed by atoms with Crippen LogP contribution in [-0.4, -0.2) is 34.2 Å². The molecule has 5 nitrogen and oxygen atoms in total. The second kappa shape index (κ2) is 6.36. The van der Waals surface area contributed by atoms with Gasteiger partial charge in [-0.25, -0.2) is 0 Å². The summed E-state index contributed by atoms with van der Waals surface area (Å²) >= 11 is 0. The standard InChI is InChI=1S/C16H20N4O.ClH/c17-14-7-6-12-8-20(9-13(12)14)10-15-18-16(19-21-15)11-4-2-1-3-5-11;/h1-5,12-14H,6-10,17H2;1H. The van der Waals surface area contributed by atoms with Crippen LogP contribution in [0.5, 0.6) is 0 Å². The van der Waals surface area contributed by atoms with Crippen LogP contribution in [0.25, 0.3) is 11.4 Å². The highest BCUT2D eigenvalue weighted by molar-refractivity contribution is 5.85. The summed E-state index contributed by atoms with van der Waals surface area (Å²) in [6.45, 7) is 2.91. The van der Waals surface area contributed by atoms with Crippen LogP contribution >= 0.6 is 12.4 Å². The third kappa shape index (κ3) is 2.89. The SMILES string of the molecule is Cl.NC1CCC2CN(Cc3nc(-c4ccccc4)no3)CC12. The molecule has 1 aromatic carbocycles. The van der Waals surface area contributed by atoms with Crippen LogP contribution < -0.4 is 5.73 Å². The lowest BCUT2D eigenvalue weighted by atomic mass is 9.98. The van der Waals surface area contributed by atoms with E-state index in [1.807, 2.05) is 30.3 Å². The molecule has 1 saturated heterocycles. The van der Waals surface area contributed by atoms with E-state index in [4.69, 9.17) is 10.3 Å². The van der Waals surface area contributed by atoms with Crippen molar-refractivity contribution in [1.82, 2.24) is 15.0 Å². The molecule has 2 aliphatic rings. The van der Waals surface area contributed by atoms with Gasteiger partial charge in [-0.1, -0.05) is 35.5 Å². The van der Waals surface area contributed by atoms with E-state index in [-0.39, 0.29) is 12.4 Å². The predicted octanol–water partition coefficient (Wildman–Crippen LogP) is 2.33. The van der Waals surface area contributed by atoms with Gasteiger partial charge in [0, 0.05) is 24.7 Å². The summed E-state index contributed by atoms with van der Waals surface area (Å²) in [6, 6.07) is 10.3. The van der Waals surface area contributed by atoms with E-state index in [0.29, 0.717) is 23.7 Å².